The van der Waals surface area contributed by atoms with Crippen LogP contribution in [-0.2, 0) is 16.1 Å². The van der Waals surface area contributed by atoms with Crippen LogP contribution in [0.4, 0.5) is 11.5 Å². The Kier molecular flexibility index (Phi) is 5.01. The van der Waals surface area contributed by atoms with Crippen LogP contribution in [0, 0.1) is 5.92 Å². The molecule has 8 heteroatoms. The van der Waals surface area contributed by atoms with Gasteiger partial charge in [0.05, 0.1) is 6.20 Å². The Labute approximate surface area is 161 Å². The van der Waals surface area contributed by atoms with E-state index in [0.29, 0.717) is 17.3 Å². The quantitative estimate of drug-likeness (QED) is 0.659. The van der Waals surface area contributed by atoms with Gasteiger partial charge in [-0.05, 0) is 49.2 Å². The SMILES string of the molecule is O=C(Cn1cc(NC(=O)C2CC2)nn1)Nc1ccc(Oc2ccccc2)cc1. The first-order valence-corrected chi connectivity index (χ1v) is 8.99. The lowest BCUT2D eigenvalue weighted by Gasteiger charge is -2.08. The molecule has 1 saturated carbocycles. The molecule has 0 radical (unpaired) electrons. The number of hydrogen-bond donors (Lipinski definition) is 2. The van der Waals surface area contributed by atoms with Gasteiger partial charge in [-0.3, -0.25) is 9.59 Å². The van der Waals surface area contributed by atoms with Crippen LogP contribution in [0.2, 0.25) is 0 Å². The molecule has 2 aromatic carbocycles. The normalized spacial score (nSPS) is 13.0. The summed E-state index contributed by atoms with van der Waals surface area (Å²) in [6, 6.07) is 16.5. The van der Waals surface area contributed by atoms with Crippen LogP contribution in [0.15, 0.2) is 60.8 Å². The van der Waals surface area contributed by atoms with Gasteiger partial charge in [0.1, 0.15) is 18.0 Å². The lowest BCUT2D eigenvalue weighted by Crippen LogP contribution is -2.19. The van der Waals surface area contributed by atoms with Crippen LogP contribution in [-0.4, -0.2) is 26.8 Å². The number of carbonyl (C=O) groups excluding carboxylic acids is 2. The number of hydrogen-bond acceptors (Lipinski definition) is 5. The minimum absolute atomic E-state index is 0.00539. The molecule has 142 valence electrons. The number of para-hydroxylation sites is 1. The highest BCUT2D eigenvalue weighted by molar-refractivity contribution is 5.93. The van der Waals surface area contributed by atoms with Gasteiger partial charge >= 0.3 is 0 Å². The molecule has 2 amide bonds. The monoisotopic (exact) mass is 377 g/mol. The highest BCUT2D eigenvalue weighted by Gasteiger charge is 2.30. The number of aromatic nitrogens is 3. The number of nitrogens with zero attached hydrogens (tertiary/aromatic N) is 3. The summed E-state index contributed by atoms with van der Waals surface area (Å²) in [5.74, 6) is 1.57. The summed E-state index contributed by atoms with van der Waals surface area (Å²) in [6.07, 6.45) is 3.37. The van der Waals surface area contributed by atoms with Gasteiger partial charge in [0.25, 0.3) is 0 Å². The van der Waals surface area contributed by atoms with Crippen LogP contribution in [0.25, 0.3) is 0 Å². The number of nitrogens with one attached hydrogen (secondary N) is 2. The van der Waals surface area contributed by atoms with Crippen molar-refractivity contribution in [1.29, 1.82) is 0 Å². The van der Waals surface area contributed by atoms with Crippen molar-refractivity contribution < 1.29 is 14.3 Å². The van der Waals surface area contributed by atoms with E-state index < -0.39 is 0 Å². The van der Waals surface area contributed by atoms with E-state index in [1.807, 2.05) is 30.3 Å². The minimum Gasteiger partial charge on any atom is -0.457 e. The molecule has 2 N–H and O–H groups in total. The number of anilines is 2. The molecular formula is C20H19N5O3. The summed E-state index contributed by atoms with van der Waals surface area (Å²) in [6.45, 7) is -0.00539. The van der Waals surface area contributed by atoms with E-state index in [-0.39, 0.29) is 24.3 Å². The van der Waals surface area contributed by atoms with E-state index in [0.717, 1.165) is 18.6 Å². The van der Waals surface area contributed by atoms with Crippen molar-refractivity contribution in [2.75, 3.05) is 10.6 Å². The van der Waals surface area contributed by atoms with Crippen LogP contribution in [0.5, 0.6) is 11.5 Å². The van der Waals surface area contributed by atoms with E-state index in [9.17, 15) is 9.59 Å². The summed E-state index contributed by atoms with van der Waals surface area (Å²) in [4.78, 5) is 23.9. The Balaban J connectivity index is 1.28. The minimum atomic E-state index is -0.248. The molecule has 0 atom stereocenters. The second-order valence-corrected chi connectivity index (χ2v) is 6.55. The zero-order chi connectivity index (χ0) is 19.3. The van der Waals surface area contributed by atoms with Gasteiger partial charge < -0.3 is 15.4 Å². The van der Waals surface area contributed by atoms with E-state index >= 15 is 0 Å². The molecule has 3 aromatic rings. The van der Waals surface area contributed by atoms with Crippen molar-refractivity contribution in [1.82, 2.24) is 15.0 Å². The molecule has 0 saturated heterocycles. The van der Waals surface area contributed by atoms with Crippen molar-refractivity contribution in [2.24, 2.45) is 5.92 Å². The fourth-order valence-electron chi connectivity index (χ4n) is 2.59. The number of carbonyl (C=O) groups is 2. The molecule has 28 heavy (non-hydrogen) atoms. The second kappa shape index (κ2) is 7.91. The Morgan fingerprint density at radius 2 is 1.71 bits per heavy atom. The Morgan fingerprint density at radius 3 is 2.43 bits per heavy atom. The maximum absolute atomic E-state index is 12.2. The van der Waals surface area contributed by atoms with Gasteiger partial charge in [-0.1, -0.05) is 23.4 Å². The first-order valence-electron chi connectivity index (χ1n) is 8.99. The van der Waals surface area contributed by atoms with Crippen LogP contribution >= 0.6 is 0 Å². The topological polar surface area (TPSA) is 98.1 Å². The lowest BCUT2D eigenvalue weighted by atomic mass is 10.3. The maximum atomic E-state index is 12.2. The van der Waals surface area contributed by atoms with Gasteiger partial charge in [0.15, 0.2) is 5.82 Å². The average Bonchev–Trinajstić information content (AvgIpc) is 3.46. The summed E-state index contributed by atoms with van der Waals surface area (Å²) in [5, 5.41) is 13.2. The standard InChI is InChI=1S/C20H19N5O3/c26-19(13-25-12-18(23-24-25)22-20(27)14-6-7-14)21-15-8-10-17(11-9-15)28-16-4-2-1-3-5-16/h1-5,8-12,14H,6-7,13H2,(H,21,26)(H,22,27). The molecule has 1 heterocycles. The van der Waals surface area contributed by atoms with Gasteiger partial charge in [0.2, 0.25) is 11.8 Å². The molecule has 1 aliphatic carbocycles. The van der Waals surface area contributed by atoms with E-state index in [2.05, 4.69) is 20.9 Å². The third-order valence-corrected chi connectivity index (χ3v) is 4.16. The molecule has 4 rings (SSSR count). The molecule has 1 aliphatic rings. The molecule has 0 bridgehead atoms. The van der Waals surface area contributed by atoms with Gasteiger partial charge in [-0.15, -0.1) is 5.10 Å². The zero-order valence-electron chi connectivity index (χ0n) is 15.0. The predicted octanol–water partition coefficient (Wildman–Crippen LogP) is 3.06. The van der Waals surface area contributed by atoms with Crippen molar-refractivity contribution in [3.63, 3.8) is 0 Å². The molecule has 8 nitrogen and oxygen atoms in total. The molecule has 1 fully saturated rings. The van der Waals surface area contributed by atoms with E-state index in [1.165, 1.54) is 10.9 Å². The van der Waals surface area contributed by atoms with Crippen LogP contribution in [0.3, 0.4) is 0 Å². The zero-order valence-corrected chi connectivity index (χ0v) is 15.0. The lowest BCUT2D eigenvalue weighted by molar-refractivity contribution is -0.117. The van der Waals surface area contributed by atoms with Gasteiger partial charge in [-0.25, -0.2) is 4.68 Å². The molecule has 1 aromatic heterocycles. The molecule has 0 spiro atoms. The fraction of sp³-hybridized carbons (Fsp3) is 0.200. The highest BCUT2D eigenvalue weighted by atomic mass is 16.5. The van der Waals surface area contributed by atoms with Gasteiger partial charge in [-0.2, -0.15) is 0 Å². The summed E-state index contributed by atoms with van der Waals surface area (Å²) >= 11 is 0. The summed E-state index contributed by atoms with van der Waals surface area (Å²) < 4.78 is 7.10. The Morgan fingerprint density at radius 1 is 1.00 bits per heavy atom. The van der Waals surface area contributed by atoms with Crippen molar-refractivity contribution in [3.05, 3.63) is 60.8 Å². The highest BCUT2D eigenvalue weighted by Crippen LogP contribution is 2.29. The molecular weight excluding hydrogens is 358 g/mol. The Bertz CT molecular complexity index is 965. The molecule has 0 aliphatic heterocycles. The third kappa shape index (κ3) is 4.73. The first kappa shape index (κ1) is 17.7. The van der Waals surface area contributed by atoms with Crippen molar-refractivity contribution >= 4 is 23.3 Å². The summed E-state index contributed by atoms with van der Waals surface area (Å²) in [5.41, 5.74) is 0.646. The number of ether oxygens (including phenoxy) is 1. The number of amides is 2. The maximum Gasteiger partial charge on any atom is 0.246 e. The van der Waals surface area contributed by atoms with E-state index in [1.54, 1.807) is 24.3 Å². The van der Waals surface area contributed by atoms with Crippen LogP contribution in [0.1, 0.15) is 12.8 Å². The first-order chi connectivity index (χ1) is 13.7. The van der Waals surface area contributed by atoms with Crippen LogP contribution < -0.4 is 15.4 Å². The number of rotatable bonds is 7. The molecule has 0 unspecified atom stereocenters. The number of benzene rings is 2. The average molecular weight is 377 g/mol. The fourth-order valence-corrected chi connectivity index (χ4v) is 2.59. The third-order valence-electron chi connectivity index (χ3n) is 4.16. The van der Waals surface area contributed by atoms with Gasteiger partial charge in [0, 0.05) is 11.6 Å². The van der Waals surface area contributed by atoms with Crippen molar-refractivity contribution in [2.45, 2.75) is 19.4 Å². The largest absolute Gasteiger partial charge is 0.457 e. The van der Waals surface area contributed by atoms with Crippen molar-refractivity contribution in [3.8, 4) is 11.5 Å². The smallest absolute Gasteiger partial charge is 0.246 e. The predicted molar refractivity (Wildman–Crippen MR) is 103 cm³/mol. The second-order valence-electron chi connectivity index (χ2n) is 6.55. The van der Waals surface area contributed by atoms with E-state index in [4.69, 9.17) is 4.74 Å². The Hall–Kier alpha value is -3.68. The summed E-state index contributed by atoms with van der Waals surface area (Å²) in [7, 11) is 0.